The zero-order valence-corrected chi connectivity index (χ0v) is 17.0. The lowest BCUT2D eigenvalue weighted by Crippen LogP contribution is -2.12. The second-order valence-electron chi connectivity index (χ2n) is 5.98. The number of amides is 1. The van der Waals surface area contributed by atoms with Crippen molar-refractivity contribution in [2.75, 3.05) is 5.32 Å². The number of benzene rings is 3. The van der Waals surface area contributed by atoms with E-state index in [1.807, 2.05) is 0 Å². The Kier molecular flexibility index (Phi) is 6.36. The first-order valence-electron chi connectivity index (χ1n) is 8.19. The van der Waals surface area contributed by atoms with Gasteiger partial charge in [-0.2, -0.15) is 13.2 Å². The summed E-state index contributed by atoms with van der Waals surface area (Å²) >= 11 is 17.8. The van der Waals surface area contributed by atoms with E-state index in [4.69, 9.17) is 39.5 Å². The van der Waals surface area contributed by atoms with E-state index >= 15 is 0 Å². The van der Waals surface area contributed by atoms with Crippen LogP contribution in [0.3, 0.4) is 0 Å². The fourth-order valence-electron chi connectivity index (χ4n) is 2.51. The average Bonchev–Trinajstić information content (AvgIpc) is 2.66. The van der Waals surface area contributed by atoms with E-state index in [1.165, 1.54) is 48.5 Å². The quantitative estimate of drug-likeness (QED) is 0.412. The van der Waals surface area contributed by atoms with Crippen molar-refractivity contribution >= 4 is 46.4 Å². The van der Waals surface area contributed by atoms with Gasteiger partial charge in [0.25, 0.3) is 5.91 Å². The molecule has 0 unspecified atom stereocenters. The number of anilines is 1. The molecule has 30 heavy (non-hydrogen) atoms. The van der Waals surface area contributed by atoms with Crippen LogP contribution in [0.2, 0.25) is 15.1 Å². The smallest absolute Gasteiger partial charge is 0.419 e. The van der Waals surface area contributed by atoms with Crippen LogP contribution >= 0.6 is 34.8 Å². The highest BCUT2D eigenvalue weighted by Crippen LogP contribution is 2.40. The molecular weight excluding hydrogens is 466 g/mol. The van der Waals surface area contributed by atoms with Crippen LogP contribution < -0.4 is 10.1 Å². The van der Waals surface area contributed by atoms with Crippen LogP contribution in [0.4, 0.5) is 18.9 Å². The summed E-state index contributed by atoms with van der Waals surface area (Å²) in [5.41, 5.74) is -0.910. The number of nitrogens with one attached hydrogen (secondary N) is 1. The fourth-order valence-corrected chi connectivity index (χ4v) is 3.22. The molecule has 156 valence electrons. The summed E-state index contributed by atoms with van der Waals surface area (Å²) in [4.78, 5) is 12.4. The molecule has 0 saturated carbocycles. The number of hydrogen-bond acceptors (Lipinski definition) is 3. The van der Waals surface area contributed by atoms with E-state index in [9.17, 15) is 23.1 Å². The second-order valence-corrected chi connectivity index (χ2v) is 7.23. The first-order chi connectivity index (χ1) is 14.1. The Balaban J connectivity index is 1.83. The molecular formula is C20H11Cl3F3NO3. The lowest BCUT2D eigenvalue weighted by atomic mass is 10.1. The van der Waals surface area contributed by atoms with Crippen molar-refractivity contribution < 1.29 is 27.8 Å². The van der Waals surface area contributed by atoms with Gasteiger partial charge in [-0.15, -0.1) is 0 Å². The van der Waals surface area contributed by atoms with Crippen molar-refractivity contribution in [2.24, 2.45) is 0 Å². The van der Waals surface area contributed by atoms with Crippen molar-refractivity contribution in [1.29, 1.82) is 0 Å². The second kappa shape index (κ2) is 8.63. The van der Waals surface area contributed by atoms with E-state index in [-0.39, 0.29) is 32.1 Å². The monoisotopic (exact) mass is 475 g/mol. The van der Waals surface area contributed by atoms with Gasteiger partial charge in [-0.05, 0) is 42.5 Å². The summed E-state index contributed by atoms with van der Waals surface area (Å²) in [5.74, 6) is -1.63. The summed E-state index contributed by atoms with van der Waals surface area (Å²) in [6.07, 6.45) is -4.60. The highest BCUT2D eigenvalue weighted by Gasteiger charge is 2.34. The molecule has 0 aliphatic rings. The van der Waals surface area contributed by atoms with E-state index in [0.717, 1.165) is 6.07 Å². The Morgan fingerprint density at radius 2 is 1.63 bits per heavy atom. The fraction of sp³-hybridized carbons (Fsp3) is 0.0500. The number of phenols is 1. The third kappa shape index (κ3) is 4.92. The molecule has 2 N–H and O–H groups in total. The van der Waals surface area contributed by atoms with Crippen LogP contribution in [-0.2, 0) is 6.18 Å². The van der Waals surface area contributed by atoms with Crippen LogP contribution in [0, 0.1) is 0 Å². The molecule has 0 spiro atoms. The number of phenolic OH excluding ortho intramolecular Hbond substituents is 1. The van der Waals surface area contributed by atoms with Gasteiger partial charge in [0.1, 0.15) is 17.2 Å². The molecule has 0 aliphatic carbocycles. The van der Waals surface area contributed by atoms with Gasteiger partial charge < -0.3 is 15.2 Å². The van der Waals surface area contributed by atoms with Gasteiger partial charge in [0.15, 0.2) is 0 Å². The molecule has 0 bridgehead atoms. The molecule has 4 nitrogen and oxygen atoms in total. The summed E-state index contributed by atoms with van der Waals surface area (Å²) in [5, 5.41) is 12.4. The first-order valence-corrected chi connectivity index (χ1v) is 9.32. The Hall–Kier alpha value is -2.61. The number of carbonyl (C=O) groups excluding carboxylic acids is 1. The molecule has 1 amide bonds. The SMILES string of the molecule is O=C(Nc1ccc(Oc2ccccc2C(F)(F)F)c(Cl)c1)c1cc(Cl)cc(Cl)c1O. The topological polar surface area (TPSA) is 58.6 Å². The minimum Gasteiger partial charge on any atom is -0.506 e. The van der Waals surface area contributed by atoms with Crippen molar-refractivity contribution in [3.63, 3.8) is 0 Å². The number of para-hydroxylation sites is 1. The predicted octanol–water partition coefficient (Wildman–Crippen LogP) is 7.42. The molecule has 0 radical (unpaired) electrons. The van der Waals surface area contributed by atoms with Crippen LogP contribution in [0.25, 0.3) is 0 Å². The number of carbonyl (C=O) groups is 1. The number of hydrogen-bond donors (Lipinski definition) is 2. The third-order valence-corrected chi connectivity index (χ3v) is 4.68. The highest BCUT2D eigenvalue weighted by atomic mass is 35.5. The van der Waals surface area contributed by atoms with Gasteiger partial charge >= 0.3 is 6.18 Å². The van der Waals surface area contributed by atoms with Gasteiger partial charge in [-0.25, -0.2) is 0 Å². The average molecular weight is 477 g/mol. The third-order valence-electron chi connectivity index (χ3n) is 3.87. The summed E-state index contributed by atoms with van der Waals surface area (Å²) in [6, 6.07) is 11.2. The molecule has 3 aromatic rings. The zero-order chi connectivity index (χ0) is 22.1. The number of halogens is 6. The van der Waals surface area contributed by atoms with Gasteiger partial charge in [0.2, 0.25) is 0 Å². The molecule has 10 heteroatoms. The molecule has 3 rings (SSSR count). The molecule has 0 aliphatic heterocycles. The molecule has 0 saturated heterocycles. The Bertz CT molecular complexity index is 1120. The lowest BCUT2D eigenvalue weighted by Gasteiger charge is -2.15. The number of aromatic hydroxyl groups is 1. The number of rotatable bonds is 4. The minimum atomic E-state index is -4.60. The highest BCUT2D eigenvalue weighted by molar-refractivity contribution is 6.36. The molecule has 0 fully saturated rings. The van der Waals surface area contributed by atoms with E-state index in [2.05, 4.69) is 5.32 Å². The lowest BCUT2D eigenvalue weighted by molar-refractivity contribution is -0.138. The van der Waals surface area contributed by atoms with Gasteiger partial charge in [0.05, 0.1) is 21.2 Å². The summed E-state index contributed by atoms with van der Waals surface area (Å²) in [6.45, 7) is 0. The zero-order valence-electron chi connectivity index (χ0n) is 14.7. The summed E-state index contributed by atoms with van der Waals surface area (Å²) < 4.78 is 44.7. The number of alkyl halides is 3. The largest absolute Gasteiger partial charge is 0.506 e. The van der Waals surface area contributed by atoms with E-state index < -0.39 is 29.1 Å². The number of ether oxygens (including phenoxy) is 1. The van der Waals surface area contributed by atoms with Crippen LogP contribution in [0.5, 0.6) is 17.2 Å². The Morgan fingerprint density at radius 1 is 0.933 bits per heavy atom. The Morgan fingerprint density at radius 3 is 2.30 bits per heavy atom. The van der Waals surface area contributed by atoms with Crippen LogP contribution in [0.15, 0.2) is 54.6 Å². The standard InChI is InChI=1S/C20H11Cl3F3NO3/c21-10-7-12(18(28)15(23)8-10)19(29)27-11-5-6-17(14(22)9-11)30-16-4-2-1-3-13(16)20(24,25)26/h1-9,28H,(H,27,29). The van der Waals surface area contributed by atoms with Crippen molar-refractivity contribution in [1.82, 2.24) is 0 Å². The van der Waals surface area contributed by atoms with Gasteiger partial charge in [-0.3, -0.25) is 4.79 Å². The molecule has 0 heterocycles. The van der Waals surface area contributed by atoms with Crippen molar-refractivity contribution in [2.45, 2.75) is 6.18 Å². The predicted molar refractivity (Wildman–Crippen MR) is 109 cm³/mol. The van der Waals surface area contributed by atoms with Gasteiger partial charge in [0, 0.05) is 10.7 Å². The van der Waals surface area contributed by atoms with Crippen molar-refractivity contribution in [3.05, 3.63) is 80.8 Å². The van der Waals surface area contributed by atoms with Crippen molar-refractivity contribution in [3.8, 4) is 17.2 Å². The first kappa shape index (κ1) is 22.1. The van der Waals surface area contributed by atoms with E-state index in [0.29, 0.717) is 0 Å². The van der Waals surface area contributed by atoms with Crippen LogP contribution in [-0.4, -0.2) is 11.0 Å². The maximum absolute atomic E-state index is 13.1. The minimum absolute atomic E-state index is 0.0417. The maximum Gasteiger partial charge on any atom is 0.419 e. The van der Waals surface area contributed by atoms with Gasteiger partial charge in [-0.1, -0.05) is 46.9 Å². The maximum atomic E-state index is 13.1. The molecule has 0 atom stereocenters. The molecule has 0 aromatic heterocycles. The van der Waals surface area contributed by atoms with E-state index in [1.54, 1.807) is 0 Å². The van der Waals surface area contributed by atoms with Crippen LogP contribution in [0.1, 0.15) is 15.9 Å². The summed E-state index contributed by atoms with van der Waals surface area (Å²) in [7, 11) is 0. The normalized spacial score (nSPS) is 11.3. The Labute approximate surface area is 183 Å². The molecule has 3 aromatic carbocycles.